The molecule has 0 amide bonds. The molecule has 4 aliphatic carbocycles. The van der Waals surface area contributed by atoms with Gasteiger partial charge in [-0.15, -0.1) is 0 Å². The normalized spacial score (nSPS) is 13.8. The molecule has 0 bridgehead atoms. The molecule has 120 heavy (non-hydrogen) atoms. The Bertz CT molecular complexity index is 5050. The molecule has 43 heteroatoms. The fraction of sp³-hybridized carbons (Fsp3) is 0.0260. The average Bonchev–Trinajstić information content (AvgIpc) is 1.56. The van der Waals surface area contributed by atoms with Crippen LogP contribution in [0.25, 0.3) is 44.5 Å². The molecular weight excluding hydrogens is 2210 g/mol. The molecule has 0 atom stereocenters. The van der Waals surface area contributed by atoms with Crippen LogP contribution in [-0.2, 0) is 149 Å². The molecule has 12 aromatic rings. The number of phenolic OH excluding ortho intramolecular Hbond substituents is 2. The smallest absolute Gasteiger partial charge is 0.410 e. The Kier molecular flexibility index (Phi) is 39.9. The van der Waals surface area contributed by atoms with E-state index in [1.165, 1.54) is 14.0 Å². The Morgan fingerprint density at radius 1 is 0.333 bits per heavy atom. The molecule has 4 aliphatic rings. The predicted octanol–water partition coefficient (Wildman–Crippen LogP) is 21.2. The molecule has 650 valence electrons. The molecule has 6 N–H and O–H groups in total. The van der Waals surface area contributed by atoms with Gasteiger partial charge >= 0.3 is 206 Å². The third-order valence-corrected chi connectivity index (χ3v) is 15.3. The summed E-state index contributed by atoms with van der Waals surface area (Å²) in [5.74, 6) is -0.242. The van der Waals surface area contributed by atoms with Crippen LogP contribution in [-0.4, -0.2) is 103 Å². The Hall–Kier alpha value is -9.89. The van der Waals surface area contributed by atoms with E-state index < -0.39 is 26.7 Å². The maximum absolute atomic E-state index is 10.9. The molecule has 0 saturated carbocycles. The van der Waals surface area contributed by atoms with Crippen molar-refractivity contribution in [1.29, 1.82) is 0 Å². The zero-order valence-electron chi connectivity index (χ0n) is 60.3. The van der Waals surface area contributed by atoms with E-state index in [-0.39, 0.29) is 146 Å². The average molecular weight is 2270 g/mol. The summed E-state index contributed by atoms with van der Waals surface area (Å²) in [4.78, 5) is 45.6. The fourth-order valence-electron chi connectivity index (χ4n) is 11.1. The van der Waals surface area contributed by atoms with E-state index in [2.05, 4.69) is 50.9 Å². The number of hydrogen-bond donors (Lipinski definition) is 6. The number of aromatic nitrogens is 4. The van der Waals surface area contributed by atoms with Gasteiger partial charge in [0.2, 0.25) is 0 Å². The van der Waals surface area contributed by atoms with Crippen molar-refractivity contribution < 1.29 is 235 Å². The van der Waals surface area contributed by atoms with Crippen LogP contribution in [0.2, 0.25) is 0 Å². The van der Waals surface area contributed by atoms with Crippen LogP contribution >= 0.6 is 15.6 Å². The summed E-state index contributed by atoms with van der Waals surface area (Å²) < 4.78 is 118. The van der Waals surface area contributed by atoms with Crippen LogP contribution in [0.4, 0.5) is 50.4 Å². The zero-order chi connectivity index (χ0) is 83.1. The molecule has 0 radical (unpaired) electrons. The number of rotatable bonds is 6. The van der Waals surface area contributed by atoms with Crippen molar-refractivity contribution >= 4 is 55.9 Å². The van der Waals surface area contributed by atoms with Gasteiger partial charge in [0.15, 0.2) is 0 Å². The molecule has 4 aromatic heterocycles. The van der Waals surface area contributed by atoms with Gasteiger partial charge in [0.05, 0.1) is 5.09 Å². The van der Waals surface area contributed by atoms with Crippen molar-refractivity contribution in [2.45, 2.75) is 6.92 Å². The molecule has 16 rings (SSSR count). The van der Waals surface area contributed by atoms with E-state index in [0.29, 0.717) is 45.4 Å². The van der Waals surface area contributed by atoms with E-state index in [1.807, 2.05) is 212 Å². The van der Waals surface area contributed by atoms with Crippen LogP contribution in [0.15, 0.2) is 311 Å². The summed E-state index contributed by atoms with van der Waals surface area (Å²) in [7, 11) is -19.8. The first kappa shape index (κ1) is 106. The van der Waals surface area contributed by atoms with Gasteiger partial charge in [0.1, 0.15) is 75.7 Å². The summed E-state index contributed by atoms with van der Waals surface area (Å²) in [5, 5.41) is 91.6. The van der Waals surface area contributed by atoms with Gasteiger partial charge in [0, 0.05) is 98.5 Å². The maximum Gasteiger partial charge on any atom is 1.00 e. The molecule has 0 aliphatic heterocycles. The second-order valence-corrected chi connectivity index (χ2v) is 27.0. The van der Waals surface area contributed by atoms with Crippen LogP contribution < -0.4 is 0 Å². The molecule has 0 spiro atoms. The van der Waals surface area contributed by atoms with Gasteiger partial charge in [-0.2, -0.15) is 0 Å². The SMILES string of the molecule is CC(=O)ON=C(c1ccccc1)c1ccccc1O.CON=C(c1ccccc1)c1ccccc1O.F[P-](F)(F)(F)(F)F.F[P-](F)(F)(F)(F)F.O=[N+]([O-])[O-].ON=C1c2ccccc2-c2cccnc21.ON=C1c2ccccc2-c2cccnc21.ON=C1c2ccccc2-c2cccnc21.ON=C1c2ccccc2-c2cccnc21.[Ag+].[Ag+].[Ag+].[Ag+].[Ag+].[Ag+]. The number of aromatic hydroxyl groups is 2. The first-order valence-electron chi connectivity index (χ1n) is 32.4. The zero-order valence-corrected chi connectivity index (χ0v) is 71.0. The minimum absolute atomic E-state index is 0. The summed E-state index contributed by atoms with van der Waals surface area (Å²) in [6, 6.07) is 79.5. The number of benzene rings is 8. The van der Waals surface area contributed by atoms with E-state index in [0.717, 1.165) is 101 Å². The number of para-hydroxylation sites is 2. The number of halogens is 12. The molecule has 0 unspecified atom stereocenters. The quantitative estimate of drug-likeness (QED) is 0.0132. The number of nitrogens with zero attached hydrogens (tertiary/aromatic N) is 11. The number of carbonyl (C=O) groups excluding carboxylic acids is 1. The number of oxime groups is 6. The third-order valence-electron chi connectivity index (χ3n) is 15.3. The summed E-state index contributed by atoms with van der Waals surface area (Å²) in [5.41, 5.74) is 21.3. The first-order valence-corrected chi connectivity index (χ1v) is 36.4. The largest absolute Gasteiger partial charge is 1.00 e. The van der Waals surface area contributed by atoms with Crippen LogP contribution in [0, 0.1) is 15.3 Å². The van der Waals surface area contributed by atoms with E-state index in [1.54, 1.807) is 67.3 Å². The van der Waals surface area contributed by atoms with Crippen molar-refractivity contribution in [3.8, 4) is 56.0 Å². The molecule has 23 nitrogen and oxygen atoms in total. The van der Waals surface area contributed by atoms with Crippen molar-refractivity contribution in [2.24, 2.45) is 30.9 Å². The van der Waals surface area contributed by atoms with Crippen molar-refractivity contribution in [3.63, 3.8) is 0 Å². The third kappa shape index (κ3) is 32.3. The first-order chi connectivity index (χ1) is 53.8. The second kappa shape index (κ2) is 45.1. The standard InChI is InChI=1S/C15H13NO3.C14H13NO2.4C12H8N2O.6Ag.2F6P.NO3/c1-11(17)19-16-15(12-7-3-2-4-8-12)13-9-5-6-10-14(13)18;1-17-15-14(11-7-3-2-4-8-11)12-9-5-6-10-13(12)16;4*15-14-12-10-5-2-1-4-8(10)9-6-3-7-13-11(9)12;;;;;;;2*1-7(2,3,4,5)6;2-1(3)4/h2-10,18H,1H3;2-10,16H,1H3;4*1-7,15H;;;;;;;;;/q;;;;;;6*+1;3*-1. The van der Waals surface area contributed by atoms with Gasteiger partial charge in [-0.05, 0) is 70.8 Å². The van der Waals surface area contributed by atoms with Crippen LogP contribution in [0.5, 0.6) is 11.5 Å². The summed E-state index contributed by atoms with van der Waals surface area (Å²) >= 11 is 0. The predicted molar refractivity (Wildman–Crippen MR) is 405 cm³/mol. The maximum atomic E-state index is 10.9. The number of hydrogen-bond acceptors (Lipinski definition) is 22. The van der Waals surface area contributed by atoms with E-state index >= 15 is 0 Å². The minimum Gasteiger partial charge on any atom is -0.410 e. The molecular formula is C77H58Ag6F12N11O12P2+3. The van der Waals surface area contributed by atoms with Crippen LogP contribution in [0.3, 0.4) is 0 Å². The number of pyridine rings is 4. The Labute approximate surface area is 767 Å². The van der Waals surface area contributed by atoms with Crippen molar-refractivity contribution in [2.75, 3.05) is 7.11 Å². The Morgan fingerprint density at radius 3 is 0.750 bits per heavy atom. The Morgan fingerprint density at radius 2 is 0.533 bits per heavy atom. The molecule has 8 aromatic carbocycles. The van der Waals surface area contributed by atoms with Gasteiger partial charge < -0.3 is 56.0 Å². The Balaban J connectivity index is 0.000000465. The van der Waals surface area contributed by atoms with E-state index in [4.69, 9.17) is 45.8 Å². The van der Waals surface area contributed by atoms with Gasteiger partial charge in [0.25, 0.3) is 0 Å². The van der Waals surface area contributed by atoms with Crippen LogP contribution in [0.1, 0.15) is 74.2 Å². The topological polar surface area (TPSA) is 349 Å². The van der Waals surface area contributed by atoms with E-state index in [9.17, 15) is 65.4 Å². The summed E-state index contributed by atoms with van der Waals surface area (Å²) in [6.07, 6.45) is 6.82. The van der Waals surface area contributed by atoms with Gasteiger partial charge in [-0.1, -0.05) is 237 Å². The molecule has 0 saturated heterocycles. The number of fused-ring (bicyclic) bond motifs is 12. The molecule has 0 fully saturated rings. The monoisotopic (exact) mass is 2260 g/mol. The fourth-order valence-corrected chi connectivity index (χ4v) is 11.1. The van der Waals surface area contributed by atoms with Crippen molar-refractivity contribution in [1.82, 2.24) is 19.9 Å². The molecule has 4 heterocycles. The van der Waals surface area contributed by atoms with Crippen molar-refractivity contribution in [3.05, 3.63) is 362 Å². The second-order valence-electron chi connectivity index (χ2n) is 23.1. The minimum atomic E-state index is -10.7. The number of carbonyl (C=O) groups is 1. The summed E-state index contributed by atoms with van der Waals surface area (Å²) in [6.45, 7) is 1.27. The van der Waals surface area contributed by atoms with Gasteiger partial charge in [-0.25, -0.2) is 4.79 Å². The number of phenols is 2. The van der Waals surface area contributed by atoms with Gasteiger partial charge in [-0.3, -0.25) is 19.9 Å².